The second kappa shape index (κ2) is 12.1. The Hall–Kier alpha value is -1.41. The molecule has 0 bridgehead atoms. The molecule has 0 heterocycles. The van der Waals surface area contributed by atoms with Gasteiger partial charge < -0.3 is 28.8 Å². The molecule has 0 radical (unpaired) electrons. The van der Waals surface area contributed by atoms with E-state index >= 15 is 0 Å². The van der Waals surface area contributed by atoms with E-state index in [4.69, 9.17) is 28.8 Å². The first kappa shape index (κ1) is 21.6. The van der Waals surface area contributed by atoms with E-state index in [9.17, 15) is 4.79 Å². The molecule has 1 unspecified atom stereocenters. The van der Waals surface area contributed by atoms with Crippen LogP contribution < -0.4 is 0 Å². The van der Waals surface area contributed by atoms with Crippen LogP contribution in [0.2, 0.25) is 0 Å². The van der Waals surface area contributed by atoms with E-state index in [1.807, 2.05) is 0 Å². The smallest absolute Gasteiger partial charge is 0.349 e. The highest BCUT2D eigenvalue weighted by molar-refractivity contribution is 5.85. The number of hydrogen-bond donors (Lipinski definition) is 1. The molecule has 1 atom stereocenters. The molecule has 0 aromatic heterocycles. The lowest BCUT2D eigenvalue weighted by atomic mass is 10.2. The van der Waals surface area contributed by atoms with Gasteiger partial charge in [0.2, 0.25) is 0 Å². The Bertz CT molecular complexity index is 362. The van der Waals surface area contributed by atoms with Crippen LogP contribution in [0.3, 0.4) is 0 Å². The van der Waals surface area contributed by atoms with Gasteiger partial charge in [0.15, 0.2) is 0 Å². The summed E-state index contributed by atoms with van der Waals surface area (Å²) >= 11 is 0. The van der Waals surface area contributed by atoms with Crippen molar-refractivity contribution in [1.82, 2.24) is 0 Å². The van der Waals surface area contributed by atoms with Crippen LogP contribution in [0, 0.1) is 0 Å². The van der Waals surface area contributed by atoms with E-state index in [1.54, 1.807) is 26.8 Å². The van der Waals surface area contributed by atoms with E-state index < -0.39 is 18.2 Å². The topological polar surface area (TPSA) is 83.5 Å². The second-order valence-electron chi connectivity index (χ2n) is 4.39. The van der Waals surface area contributed by atoms with E-state index in [0.717, 1.165) is 0 Å². The van der Waals surface area contributed by atoms with Crippen LogP contribution in [0.25, 0.3) is 0 Å². The van der Waals surface area contributed by atoms with Gasteiger partial charge in [-0.1, -0.05) is 12.7 Å². The Morgan fingerprint density at radius 3 is 2.09 bits per heavy atom. The minimum Gasteiger partial charge on any atom is -0.478 e. The molecule has 7 heteroatoms. The van der Waals surface area contributed by atoms with Gasteiger partial charge in [-0.05, 0) is 34.1 Å². The SMILES string of the molecule is C=COC(OCCC=C(C)C(=O)O)C(OCC)(OCC)OCC. The van der Waals surface area contributed by atoms with Crippen LogP contribution >= 0.6 is 0 Å². The van der Waals surface area contributed by atoms with E-state index in [-0.39, 0.29) is 12.2 Å². The lowest BCUT2D eigenvalue weighted by molar-refractivity contribution is -0.447. The highest BCUT2D eigenvalue weighted by Gasteiger charge is 2.45. The van der Waals surface area contributed by atoms with Crippen LogP contribution in [0.4, 0.5) is 0 Å². The summed E-state index contributed by atoms with van der Waals surface area (Å²) in [5.41, 5.74) is 0.250. The van der Waals surface area contributed by atoms with Gasteiger partial charge in [-0.15, -0.1) is 0 Å². The Balaban J connectivity index is 4.95. The molecular weight excluding hydrogens is 304 g/mol. The van der Waals surface area contributed by atoms with Gasteiger partial charge >= 0.3 is 11.9 Å². The Kier molecular flexibility index (Phi) is 11.3. The quantitative estimate of drug-likeness (QED) is 0.226. The minimum atomic E-state index is -1.50. The summed E-state index contributed by atoms with van der Waals surface area (Å²) in [7, 11) is 0. The first-order chi connectivity index (χ1) is 11.0. The first-order valence-corrected chi connectivity index (χ1v) is 7.67. The lowest BCUT2D eigenvalue weighted by Gasteiger charge is -2.37. The zero-order chi connectivity index (χ0) is 17.7. The van der Waals surface area contributed by atoms with Gasteiger partial charge in [-0.25, -0.2) is 4.79 Å². The molecule has 1 N–H and O–H groups in total. The van der Waals surface area contributed by atoms with Crippen molar-refractivity contribution in [2.75, 3.05) is 26.4 Å². The van der Waals surface area contributed by atoms with Crippen molar-refractivity contribution in [1.29, 1.82) is 0 Å². The molecule has 0 spiro atoms. The third-order valence-electron chi connectivity index (χ3n) is 2.72. The monoisotopic (exact) mass is 332 g/mol. The maximum absolute atomic E-state index is 10.7. The van der Waals surface area contributed by atoms with Crippen molar-refractivity contribution in [3.05, 3.63) is 24.5 Å². The number of aliphatic carboxylic acids is 1. The molecule has 0 amide bonds. The van der Waals surface area contributed by atoms with Crippen molar-refractivity contribution in [2.45, 2.75) is 46.4 Å². The van der Waals surface area contributed by atoms with Gasteiger partial charge in [0.05, 0.1) is 12.9 Å². The summed E-state index contributed by atoms with van der Waals surface area (Å²) in [4.78, 5) is 10.7. The average Bonchev–Trinajstić information content (AvgIpc) is 2.50. The van der Waals surface area contributed by atoms with Crippen LogP contribution in [0.15, 0.2) is 24.5 Å². The summed E-state index contributed by atoms with van der Waals surface area (Å²) in [6, 6.07) is 0. The third-order valence-corrected chi connectivity index (χ3v) is 2.72. The van der Waals surface area contributed by atoms with Crippen LogP contribution in [-0.4, -0.2) is 49.8 Å². The van der Waals surface area contributed by atoms with Crippen molar-refractivity contribution in [3.63, 3.8) is 0 Å². The van der Waals surface area contributed by atoms with Crippen molar-refractivity contribution in [2.24, 2.45) is 0 Å². The van der Waals surface area contributed by atoms with E-state index in [0.29, 0.717) is 26.2 Å². The Labute approximate surface area is 137 Å². The van der Waals surface area contributed by atoms with Crippen molar-refractivity contribution in [3.8, 4) is 0 Å². The van der Waals surface area contributed by atoms with E-state index in [2.05, 4.69) is 6.58 Å². The normalized spacial score (nSPS) is 13.7. The number of ether oxygens (including phenoxy) is 5. The molecule has 0 aliphatic rings. The Morgan fingerprint density at radius 1 is 1.17 bits per heavy atom. The first-order valence-electron chi connectivity index (χ1n) is 7.67. The van der Waals surface area contributed by atoms with Gasteiger partial charge in [0, 0.05) is 25.4 Å². The molecule has 0 saturated carbocycles. The zero-order valence-corrected chi connectivity index (χ0v) is 14.4. The molecule has 23 heavy (non-hydrogen) atoms. The third kappa shape index (κ3) is 7.60. The van der Waals surface area contributed by atoms with Gasteiger partial charge in [-0.2, -0.15) is 0 Å². The maximum Gasteiger partial charge on any atom is 0.349 e. The van der Waals surface area contributed by atoms with Gasteiger partial charge in [0.1, 0.15) is 0 Å². The fraction of sp³-hybridized carbons (Fsp3) is 0.688. The standard InChI is InChI=1S/C16H28O7/c1-6-19-15(20-12-10-11-13(5)14(17)18)16(21-7-2,22-8-3)23-9-4/h6,11,15H,1,7-10,12H2,2-5H3,(H,17,18). The number of carbonyl (C=O) groups is 1. The fourth-order valence-electron chi connectivity index (χ4n) is 1.78. The van der Waals surface area contributed by atoms with Crippen LogP contribution in [0.5, 0.6) is 0 Å². The zero-order valence-electron chi connectivity index (χ0n) is 14.4. The van der Waals surface area contributed by atoms with Gasteiger partial charge in [-0.3, -0.25) is 0 Å². The molecule has 0 aliphatic carbocycles. The molecule has 0 fully saturated rings. The van der Waals surface area contributed by atoms with Crippen molar-refractivity contribution >= 4 is 5.97 Å². The summed E-state index contributed by atoms with van der Waals surface area (Å²) in [5, 5.41) is 8.81. The van der Waals surface area contributed by atoms with Gasteiger partial charge in [0.25, 0.3) is 6.29 Å². The van der Waals surface area contributed by atoms with Crippen LogP contribution in [0.1, 0.15) is 34.1 Å². The fourth-order valence-corrected chi connectivity index (χ4v) is 1.78. The second-order valence-corrected chi connectivity index (χ2v) is 4.39. The molecule has 134 valence electrons. The largest absolute Gasteiger partial charge is 0.478 e. The molecule has 0 saturated heterocycles. The summed E-state index contributed by atoms with van der Waals surface area (Å²) in [5.74, 6) is -2.46. The number of rotatable bonds is 14. The minimum absolute atomic E-state index is 0.206. The number of carboxylic acid groups (broad SMARTS) is 1. The molecule has 0 aromatic rings. The van der Waals surface area contributed by atoms with E-state index in [1.165, 1.54) is 13.2 Å². The predicted octanol–water partition coefficient (Wildman–Crippen LogP) is 2.67. The average molecular weight is 332 g/mol. The Morgan fingerprint density at radius 2 is 1.70 bits per heavy atom. The summed E-state index contributed by atoms with van der Waals surface area (Å²) < 4.78 is 27.7. The molecule has 0 aromatic carbocycles. The maximum atomic E-state index is 10.7. The number of hydrogen-bond acceptors (Lipinski definition) is 6. The highest BCUT2D eigenvalue weighted by Crippen LogP contribution is 2.25. The predicted molar refractivity (Wildman–Crippen MR) is 84.6 cm³/mol. The summed E-state index contributed by atoms with van der Waals surface area (Å²) in [6.07, 6.45) is 2.19. The highest BCUT2D eigenvalue weighted by atomic mass is 16.9. The lowest BCUT2D eigenvalue weighted by Crippen LogP contribution is -2.52. The molecular formula is C16H28O7. The van der Waals surface area contributed by atoms with Crippen molar-refractivity contribution < 1.29 is 33.6 Å². The molecule has 7 nitrogen and oxygen atoms in total. The number of carboxylic acids is 1. The molecule has 0 aliphatic heterocycles. The molecule has 0 rings (SSSR count). The summed E-state index contributed by atoms with van der Waals surface area (Å²) in [6.45, 7) is 11.6. The van der Waals surface area contributed by atoms with Crippen LogP contribution in [-0.2, 0) is 28.5 Å².